The third kappa shape index (κ3) is 5.33. The van der Waals surface area contributed by atoms with Gasteiger partial charge < -0.3 is 10.1 Å². The molecule has 1 atom stereocenters. The maximum Gasteiger partial charge on any atom is 0.220 e. The number of ether oxygens (including phenoxy) is 1. The second-order valence-corrected chi connectivity index (χ2v) is 9.59. The Labute approximate surface area is 205 Å². The summed E-state index contributed by atoms with van der Waals surface area (Å²) >= 11 is 0. The number of nitrogens with zero attached hydrogens (tertiary/aromatic N) is 2. The Morgan fingerprint density at radius 1 is 1.00 bits per heavy atom. The molecule has 0 saturated carbocycles. The topological polar surface area (TPSA) is 47.0 Å². The Morgan fingerprint density at radius 3 is 2.44 bits per heavy atom. The summed E-state index contributed by atoms with van der Waals surface area (Å²) in [4.78, 5) is 10.0. The minimum absolute atomic E-state index is 0.0612. The van der Waals surface area contributed by atoms with Crippen LogP contribution in [0.15, 0.2) is 42.5 Å². The molecule has 0 saturated heterocycles. The van der Waals surface area contributed by atoms with Crippen molar-refractivity contribution in [3.63, 3.8) is 0 Å². The molecular formula is C30H39N3O. The van der Waals surface area contributed by atoms with Crippen LogP contribution in [0.3, 0.4) is 0 Å². The van der Waals surface area contributed by atoms with Crippen LogP contribution in [0.4, 0.5) is 0 Å². The van der Waals surface area contributed by atoms with Gasteiger partial charge in [0.25, 0.3) is 0 Å². The molecule has 2 aromatic carbocycles. The summed E-state index contributed by atoms with van der Waals surface area (Å²) in [6.07, 6.45) is 6.45. The first-order chi connectivity index (χ1) is 16.5. The van der Waals surface area contributed by atoms with Crippen molar-refractivity contribution in [1.82, 2.24) is 15.3 Å². The molecule has 0 unspecified atom stereocenters. The average Bonchev–Trinajstić information content (AvgIpc) is 2.84. The van der Waals surface area contributed by atoms with Crippen LogP contribution < -0.4 is 10.1 Å². The van der Waals surface area contributed by atoms with Crippen molar-refractivity contribution in [2.45, 2.75) is 85.3 Å². The van der Waals surface area contributed by atoms with Crippen molar-refractivity contribution in [1.29, 1.82) is 0 Å². The maximum atomic E-state index is 6.26. The van der Waals surface area contributed by atoms with Gasteiger partial charge in [-0.15, -0.1) is 0 Å². The van der Waals surface area contributed by atoms with Gasteiger partial charge in [-0.1, -0.05) is 56.3 Å². The van der Waals surface area contributed by atoms with Crippen molar-refractivity contribution in [3.8, 4) is 17.3 Å². The first-order valence-corrected chi connectivity index (χ1v) is 13.0. The van der Waals surface area contributed by atoms with Gasteiger partial charge in [-0.3, -0.25) is 0 Å². The zero-order valence-electron chi connectivity index (χ0n) is 21.4. The molecule has 1 aromatic heterocycles. The molecule has 180 valence electrons. The second-order valence-electron chi connectivity index (χ2n) is 9.59. The van der Waals surface area contributed by atoms with Gasteiger partial charge in [0.2, 0.25) is 5.88 Å². The molecule has 0 amide bonds. The maximum absolute atomic E-state index is 6.26. The quantitative estimate of drug-likeness (QED) is 0.394. The number of benzene rings is 2. The summed E-state index contributed by atoms with van der Waals surface area (Å²) in [5.74, 6) is 1.52. The Morgan fingerprint density at radius 2 is 1.74 bits per heavy atom. The molecule has 0 bridgehead atoms. The van der Waals surface area contributed by atoms with E-state index in [1.807, 2.05) is 0 Å². The van der Waals surface area contributed by atoms with Crippen LogP contribution in [0.1, 0.15) is 80.1 Å². The summed E-state index contributed by atoms with van der Waals surface area (Å²) < 4.78 is 6.26. The van der Waals surface area contributed by atoms with Gasteiger partial charge >= 0.3 is 0 Å². The van der Waals surface area contributed by atoms with Crippen LogP contribution in [0.25, 0.3) is 11.4 Å². The van der Waals surface area contributed by atoms with Gasteiger partial charge in [-0.25, -0.2) is 4.98 Å². The Hall–Kier alpha value is -2.72. The number of aryl methyl sites for hydroxylation is 4. The highest BCUT2D eigenvalue weighted by Gasteiger charge is 2.21. The zero-order chi connectivity index (χ0) is 24.1. The van der Waals surface area contributed by atoms with Gasteiger partial charge in [0.1, 0.15) is 0 Å². The summed E-state index contributed by atoms with van der Waals surface area (Å²) in [5.41, 5.74) is 8.83. The van der Waals surface area contributed by atoms with E-state index in [1.54, 1.807) is 0 Å². The van der Waals surface area contributed by atoms with Crippen LogP contribution in [0, 0.1) is 6.92 Å². The number of nitrogens with one attached hydrogen (secondary N) is 1. The highest BCUT2D eigenvalue weighted by molar-refractivity contribution is 5.66. The summed E-state index contributed by atoms with van der Waals surface area (Å²) in [6.45, 7) is 11.5. The Kier molecular flexibility index (Phi) is 7.99. The van der Waals surface area contributed by atoms with Gasteiger partial charge in [-0.2, -0.15) is 4.98 Å². The molecule has 0 aliphatic heterocycles. The van der Waals surface area contributed by atoms with E-state index in [9.17, 15) is 0 Å². The van der Waals surface area contributed by atoms with Crippen molar-refractivity contribution < 1.29 is 4.74 Å². The molecule has 4 nitrogen and oxygen atoms in total. The number of fused-ring (bicyclic) bond motifs is 1. The molecule has 4 rings (SSSR count). The molecule has 3 aromatic rings. The standard InChI is InChI=1S/C30H39N3O/c1-6-22-13-10-14-23(7-2)28(22)29-32-21(5)25(30(33-29)34-20(3)4)18-19-31-27-17-11-15-24-12-8-9-16-26(24)27/h8-10,12-14,16,20,27,31H,6-7,11,15,17-19H2,1-5H3/t27-/m0/s1. The van der Waals surface area contributed by atoms with Gasteiger partial charge in [0.15, 0.2) is 5.82 Å². The van der Waals surface area contributed by atoms with E-state index in [-0.39, 0.29) is 6.10 Å². The number of hydrogen-bond acceptors (Lipinski definition) is 4. The van der Waals surface area contributed by atoms with Crippen molar-refractivity contribution in [2.75, 3.05) is 6.54 Å². The van der Waals surface area contributed by atoms with E-state index in [0.717, 1.165) is 48.8 Å². The minimum atomic E-state index is 0.0612. The molecule has 0 radical (unpaired) electrons. The summed E-state index contributed by atoms with van der Waals surface area (Å²) in [6, 6.07) is 15.8. The van der Waals surface area contributed by atoms with Crippen molar-refractivity contribution in [2.24, 2.45) is 0 Å². The smallest absolute Gasteiger partial charge is 0.220 e. The van der Waals surface area contributed by atoms with Crippen LogP contribution >= 0.6 is 0 Å². The molecule has 0 fully saturated rings. The van der Waals surface area contributed by atoms with Crippen LogP contribution in [0.5, 0.6) is 5.88 Å². The summed E-state index contributed by atoms with van der Waals surface area (Å²) in [5, 5.41) is 3.81. The lowest BCUT2D eigenvalue weighted by atomic mass is 9.87. The lowest BCUT2D eigenvalue weighted by Crippen LogP contribution is -2.27. The first kappa shape index (κ1) is 24.4. The van der Waals surface area contributed by atoms with Crippen LogP contribution in [0.2, 0.25) is 0 Å². The van der Waals surface area contributed by atoms with E-state index in [0.29, 0.717) is 6.04 Å². The first-order valence-electron chi connectivity index (χ1n) is 13.0. The Bertz CT molecular complexity index is 1100. The van der Waals surface area contributed by atoms with E-state index in [2.05, 4.69) is 82.4 Å². The summed E-state index contributed by atoms with van der Waals surface area (Å²) in [7, 11) is 0. The minimum Gasteiger partial charge on any atom is -0.475 e. The molecular weight excluding hydrogens is 418 g/mol. The molecule has 1 heterocycles. The van der Waals surface area contributed by atoms with E-state index in [1.165, 1.54) is 47.1 Å². The van der Waals surface area contributed by atoms with Crippen LogP contribution in [-0.4, -0.2) is 22.6 Å². The Balaban J connectivity index is 1.60. The number of hydrogen-bond donors (Lipinski definition) is 1. The number of rotatable bonds is 9. The lowest BCUT2D eigenvalue weighted by molar-refractivity contribution is 0.229. The zero-order valence-corrected chi connectivity index (χ0v) is 21.4. The molecule has 1 aliphatic carbocycles. The predicted octanol–water partition coefficient (Wildman–Crippen LogP) is 6.57. The fourth-order valence-corrected chi connectivity index (χ4v) is 5.16. The highest BCUT2D eigenvalue weighted by atomic mass is 16.5. The van der Waals surface area contributed by atoms with Crippen molar-refractivity contribution >= 4 is 0 Å². The van der Waals surface area contributed by atoms with E-state index in [4.69, 9.17) is 14.7 Å². The largest absolute Gasteiger partial charge is 0.475 e. The molecule has 0 spiro atoms. The van der Waals surface area contributed by atoms with E-state index < -0.39 is 0 Å². The predicted molar refractivity (Wildman–Crippen MR) is 141 cm³/mol. The lowest BCUT2D eigenvalue weighted by Gasteiger charge is -2.26. The number of aromatic nitrogens is 2. The monoisotopic (exact) mass is 457 g/mol. The van der Waals surface area contributed by atoms with Crippen LogP contribution in [-0.2, 0) is 25.7 Å². The molecule has 4 heteroatoms. The van der Waals surface area contributed by atoms with Gasteiger partial charge in [0.05, 0.1) is 6.10 Å². The third-order valence-corrected chi connectivity index (χ3v) is 6.88. The fourth-order valence-electron chi connectivity index (χ4n) is 5.16. The SMILES string of the molecule is CCc1cccc(CC)c1-c1nc(C)c(CCN[C@H]2CCCc3ccccc32)c(OC(C)C)n1. The van der Waals surface area contributed by atoms with Crippen molar-refractivity contribution in [3.05, 3.63) is 76.0 Å². The van der Waals surface area contributed by atoms with Gasteiger partial charge in [0, 0.05) is 29.4 Å². The van der Waals surface area contributed by atoms with Gasteiger partial charge in [-0.05, 0) is 81.5 Å². The average molecular weight is 458 g/mol. The highest BCUT2D eigenvalue weighted by Crippen LogP contribution is 2.32. The van der Waals surface area contributed by atoms with E-state index >= 15 is 0 Å². The third-order valence-electron chi connectivity index (χ3n) is 6.88. The molecule has 1 N–H and O–H groups in total. The second kappa shape index (κ2) is 11.1. The normalized spacial score (nSPS) is 15.4. The fraction of sp³-hybridized carbons (Fsp3) is 0.467. The molecule has 34 heavy (non-hydrogen) atoms. The molecule has 1 aliphatic rings.